The van der Waals surface area contributed by atoms with Crippen LogP contribution < -0.4 is 0 Å². The maximum absolute atomic E-state index is 14.1. The van der Waals surface area contributed by atoms with Crippen LogP contribution in [0, 0.1) is 16.7 Å². The fourth-order valence-electron chi connectivity index (χ4n) is 3.22. The predicted molar refractivity (Wildman–Crippen MR) is 69.0 cm³/mol. The minimum absolute atomic E-state index is 0.0488. The van der Waals surface area contributed by atoms with E-state index in [2.05, 4.69) is 6.92 Å². The number of hydrogen-bond donors (Lipinski definition) is 0. The van der Waals surface area contributed by atoms with Crippen LogP contribution in [0.2, 0.25) is 0 Å². The second-order valence-corrected chi connectivity index (χ2v) is 6.79. The van der Waals surface area contributed by atoms with Gasteiger partial charge < -0.3 is 14.2 Å². The van der Waals surface area contributed by atoms with E-state index in [9.17, 15) is 4.39 Å². The van der Waals surface area contributed by atoms with Crippen molar-refractivity contribution in [1.29, 1.82) is 0 Å². The molecule has 4 aliphatic rings. The van der Waals surface area contributed by atoms with E-state index in [1.807, 2.05) is 6.92 Å². The maximum atomic E-state index is 14.1. The topological polar surface area (TPSA) is 27.7 Å². The van der Waals surface area contributed by atoms with Crippen LogP contribution >= 0.6 is 0 Å². The molecule has 0 amide bonds. The number of halogens is 1. The van der Waals surface area contributed by atoms with Gasteiger partial charge in [-0.05, 0) is 31.8 Å². The van der Waals surface area contributed by atoms with Gasteiger partial charge in [0, 0.05) is 16.7 Å². The van der Waals surface area contributed by atoms with E-state index in [4.69, 9.17) is 14.2 Å². The quantitative estimate of drug-likeness (QED) is 0.786. The molecule has 0 unspecified atom stereocenters. The molecule has 0 aromatic rings. The summed E-state index contributed by atoms with van der Waals surface area (Å²) in [6.07, 6.45) is 5.63. The molecule has 0 aromatic heterocycles. The van der Waals surface area contributed by atoms with Crippen molar-refractivity contribution in [3.63, 3.8) is 0 Å². The van der Waals surface area contributed by atoms with E-state index >= 15 is 0 Å². The van der Waals surface area contributed by atoms with Gasteiger partial charge in [0.15, 0.2) is 0 Å². The Morgan fingerprint density at radius 3 is 2.47 bits per heavy atom. The molecule has 108 valence electrons. The van der Waals surface area contributed by atoms with Crippen LogP contribution in [-0.2, 0) is 14.2 Å². The Kier molecular flexibility index (Phi) is 3.44. The molecule has 1 saturated heterocycles. The number of hydrogen-bond acceptors (Lipinski definition) is 3. The Labute approximate surface area is 114 Å². The summed E-state index contributed by atoms with van der Waals surface area (Å²) in [6, 6.07) is 0. The van der Waals surface area contributed by atoms with Gasteiger partial charge in [-0.3, -0.25) is 0 Å². The molecule has 2 fully saturated rings. The minimum Gasteiger partial charge on any atom is -0.330 e. The van der Waals surface area contributed by atoms with Crippen LogP contribution in [0.5, 0.6) is 0 Å². The molecule has 4 heteroatoms. The highest BCUT2D eigenvalue weighted by atomic mass is 19.1. The van der Waals surface area contributed by atoms with Crippen molar-refractivity contribution in [2.24, 2.45) is 16.7 Å². The first-order valence-corrected chi connectivity index (χ1v) is 7.25. The van der Waals surface area contributed by atoms with Gasteiger partial charge in [0.25, 0.3) is 6.48 Å². The van der Waals surface area contributed by atoms with Crippen LogP contribution in [0.4, 0.5) is 4.39 Å². The van der Waals surface area contributed by atoms with Crippen LogP contribution in [0.25, 0.3) is 0 Å². The number of allylic oxidation sites excluding steroid dienone is 1. The standard InChI is InChI=1S/C15H23FO3/c1-11-8-17-13(18-9-11)19-10-15-5-3-14(2,4-6-15)12(16)7-15/h7,11,13H,3-6,8-10H2,1-2H3. The zero-order valence-corrected chi connectivity index (χ0v) is 11.8. The molecule has 0 N–H and O–H groups in total. The summed E-state index contributed by atoms with van der Waals surface area (Å²) in [4.78, 5) is 0. The average molecular weight is 270 g/mol. The summed E-state index contributed by atoms with van der Waals surface area (Å²) in [7, 11) is 0. The van der Waals surface area contributed by atoms with E-state index in [1.54, 1.807) is 6.08 Å². The molecule has 2 bridgehead atoms. The summed E-state index contributed by atoms with van der Waals surface area (Å²) in [6.45, 7) is 5.36. The molecule has 1 heterocycles. The van der Waals surface area contributed by atoms with E-state index < -0.39 is 6.48 Å². The fourth-order valence-corrected chi connectivity index (χ4v) is 3.22. The zero-order chi connectivity index (χ0) is 13.5. The SMILES string of the molecule is CC1COC(OCC23C=C(F)C(C)(CC2)CC3)OC1. The lowest BCUT2D eigenvalue weighted by Gasteiger charge is -2.48. The smallest absolute Gasteiger partial charge is 0.271 e. The lowest BCUT2D eigenvalue weighted by atomic mass is 9.58. The monoisotopic (exact) mass is 270 g/mol. The normalized spacial score (nSPS) is 46.2. The van der Waals surface area contributed by atoms with Crippen molar-refractivity contribution < 1.29 is 18.6 Å². The Balaban J connectivity index is 1.58. The lowest BCUT2D eigenvalue weighted by Crippen LogP contribution is -2.42. The molecule has 0 radical (unpaired) electrons. The molecule has 0 atom stereocenters. The van der Waals surface area contributed by atoms with Gasteiger partial charge in [0.1, 0.15) is 5.83 Å². The summed E-state index contributed by atoms with van der Waals surface area (Å²) in [5, 5.41) is 0. The van der Waals surface area contributed by atoms with Crippen LogP contribution in [0.1, 0.15) is 39.5 Å². The number of ether oxygens (including phenoxy) is 3. The summed E-state index contributed by atoms with van der Waals surface area (Å²) >= 11 is 0. The molecule has 0 spiro atoms. The molecule has 0 aromatic carbocycles. The van der Waals surface area contributed by atoms with E-state index in [-0.39, 0.29) is 16.7 Å². The second-order valence-electron chi connectivity index (χ2n) is 6.79. The number of rotatable bonds is 3. The van der Waals surface area contributed by atoms with Crippen molar-refractivity contribution in [2.75, 3.05) is 19.8 Å². The molecule has 3 nitrogen and oxygen atoms in total. The highest BCUT2D eigenvalue weighted by Crippen LogP contribution is 2.56. The lowest BCUT2D eigenvalue weighted by molar-refractivity contribution is -0.327. The Hall–Kier alpha value is -0.450. The summed E-state index contributed by atoms with van der Waals surface area (Å²) in [5.41, 5.74) is -0.355. The third-order valence-corrected chi connectivity index (χ3v) is 4.90. The van der Waals surface area contributed by atoms with Gasteiger partial charge in [0.2, 0.25) is 0 Å². The predicted octanol–water partition coefficient (Wildman–Crippen LogP) is 3.40. The third kappa shape index (κ3) is 2.58. The van der Waals surface area contributed by atoms with Crippen molar-refractivity contribution >= 4 is 0 Å². The summed E-state index contributed by atoms with van der Waals surface area (Å²) in [5.74, 6) is 0.466. The Bertz CT molecular complexity index is 364. The average Bonchev–Trinajstić information content (AvgIpc) is 2.41. The zero-order valence-electron chi connectivity index (χ0n) is 11.8. The van der Waals surface area contributed by atoms with Gasteiger partial charge in [-0.2, -0.15) is 0 Å². The van der Waals surface area contributed by atoms with Crippen LogP contribution in [0.15, 0.2) is 11.9 Å². The van der Waals surface area contributed by atoms with Crippen LogP contribution in [-0.4, -0.2) is 26.3 Å². The molecular formula is C15H23FO3. The van der Waals surface area contributed by atoms with E-state index in [1.165, 1.54) is 0 Å². The first kappa shape index (κ1) is 13.5. The maximum Gasteiger partial charge on any atom is 0.271 e. The highest BCUT2D eigenvalue weighted by Gasteiger charge is 2.47. The first-order valence-electron chi connectivity index (χ1n) is 7.25. The van der Waals surface area contributed by atoms with Crippen molar-refractivity contribution in [1.82, 2.24) is 0 Å². The third-order valence-electron chi connectivity index (χ3n) is 4.90. The highest BCUT2D eigenvalue weighted by molar-refractivity contribution is 5.21. The molecular weight excluding hydrogens is 247 g/mol. The van der Waals surface area contributed by atoms with Crippen molar-refractivity contribution in [3.8, 4) is 0 Å². The Morgan fingerprint density at radius 2 is 1.89 bits per heavy atom. The molecule has 1 saturated carbocycles. The first-order chi connectivity index (χ1) is 9.01. The van der Waals surface area contributed by atoms with Gasteiger partial charge >= 0.3 is 0 Å². The van der Waals surface area contributed by atoms with Crippen LogP contribution in [0.3, 0.4) is 0 Å². The molecule has 3 aliphatic carbocycles. The van der Waals surface area contributed by atoms with Gasteiger partial charge in [-0.15, -0.1) is 0 Å². The second kappa shape index (κ2) is 4.83. The Morgan fingerprint density at radius 1 is 1.26 bits per heavy atom. The van der Waals surface area contributed by atoms with Gasteiger partial charge in [0.05, 0.1) is 19.8 Å². The van der Waals surface area contributed by atoms with E-state index in [0.29, 0.717) is 25.7 Å². The van der Waals surface area contributed by atoms with E-state index in [0.717, 1.165) is 25.7 Å². The van der Waals surface area contributed by atoms with Gasteiger partial charge in [-0.25, -0.2) is 4.39 Å². The summed E-state index contributed by atoms with van der Waals surface area (Å²) < 4.78 is 30.7. The van der Waals surface area contributed by atoms with Crippen molar-refractivity contribution in [2.45, 2.75) is 46.0 Å². The molecule has 1 aliphatic heterocycles. The molecule has 4 rings (SSSR count). The number of fused-ring (bicyclic) bond motifs is 2. The van der Waals surface area contributed by atoms with Crippen molar-refractivity contribution in [3.05, 3.63) is 11.9 Å². The minimum atomic E-state index is -0.572. The molecule has 19 heavy (non-hydrogen) atoms. The fraction of sp³-hybridized carbons (Fsp3) is 0.867. The van der Waals surface area contributed by atoms with Gasteiger partial charge in [-0.1, -0.05) is 13.8 Å². The largest absolute Gasteiger partial charge is 0.330 e.